The van der Waals surface area contributed by atoms with Gasteiger partial charge < -0.3 is 15.0 Å². The number of carbonyl (C=O) groups is 3. The molecule has 9 atom stereocenters. The van der Waals surface area contributed by atoms with Crippen LogP contribution in [0.1, 0.15) is 78.6 Å². The molecule has 4 rings (SSSR count). The smallest absolute Gasteiger partial charge is 0.550 e. The quantitative estimate of drug-likeness (QED) is 0.614. The van der Waals surface area contributed by atoms with Gasteiger partial charge in [0.15, 0.2) is 0 Å². The molecule has 5 nitrogen and oxygen atoms in total. The summed E-state index contributed by atoms with van der Waals surface area (Å²) in [4.78, 5) is 37.9. The Hall–Kier alpha value is -0.230. The molecule has 162 valence electrons. The molecule has 5 unspecified atom stereocenters. The van der Waals surface area contributed by atoms with Crippen LogP contribution in [0.15, 0.2) is 0 Å². The zero-order valence-electron chi connectivity index (χ0n) is 19.0. The fourth-order valence-electron chi connectivity index (χ4n) is 8.12. The molecule has 4 aliphatic carbocycles. The van der Waals surface area contributed by atoms with Gasteiger partial charge in [-0.15, -0.1) is 0 Å². The largest absolute Gasteiger partial charge is 1.00 e. The van der Waals surface area contributed by atoms with Gasteiger partial charge in [0, 0.05) is 30.1 Å². The topological polar surface area (TPSA) is 94.5 Å². The molecule has 4 aliphatic rings. The Bertz CT molecular complexity index is 722. The van der Waals surface area contributed by atoms with E-state index in [0.29, 0.717) is 31.5 Å². The number of ketones is 2. The molecule has 0 radical (unpaired) electrons. The Morgan fingerprint density at radius 1 is 1.17 bits per heavy atom. The van der Waals surface area contributed by atoms with E-state index in [2.05, 4.69) is 20.8 Å². The summed E-state index contributed by atoms with van der Waals surface area (Å²) < 4.78 is 0. The number of carboxylic acids is 1. The number of hydrogen-bond acceptors (Lipinski definition) is 5. The zero-order chi connectivity index (χ0) is 21.1. The standard InChI is InChI=1S/C24H36O5.Na/c1-13(4-7-21(28)29)16-5-6-17-22-18(12-20(27)24(16,17)3)23(2)9-8-15(25)10-14(23)11-19(22)26;/h13-18,22,25H,4-12H2,1-3H3,(H,28,29);/q;+1/p-1/t13-,14?,15?,16-,17?,18?,22?,23+,24-;/m1./s1. The first-order chi connectivity index (χ1) is 13.6. The van der Waals surface area contributed by atoms with Crippen LogP contribution in [0.4, 0.5) is 0 Å². The number of carbonyl (C=O) groups excluding carboxylic acids is 3. The third kappa shape index (κ3) is 3.66. The molecule has 0 heterocycles. The Morgan fingerprint density at radius 2 is 1.87 bits per heavy atom. The van der Waals surface area contributed by atoms with Crippen molar-refractivity contribution in [3.63, 3.8) is 0 Å². The molecule has 0 bridgehead atoms. The van der Waals surface area contributed by atoms with Crippen LogP contribution in [-0.2, 0) is 14.4 Å². The van der Waals surface area contributed by atoms with Gasteiger partial charge in [0.1, 0.15) is 11.6 Å². The van der Waals surface area contributed by atoms with E-state index in [0.717, 1.165) is 25.7 Å². The monoisotopic (exact) mass is 426 g/mol. The van der Waals surface area contributed by atoms with E-state index < -0.39 is 11.4 Å². The molecule has 0 spiro atoms. The number of aliphatic hydroxyl groups is 1. The minimum Gasteiger partial charge on any atom is -0.550 e. The van der Waals surface area contributed by atoms with E-state index in [4.69, 9.17) is 0 Å². The first kappa shape index (κ1) is 24.4. The Kier molecular flexibility index (Phi) is 7.00. The summed E-state index contributed by atoms with van der Waals surface area (Å²) in [5, 5.41) is 21.1. The van der Waals surface area contributed by atoms with Crippen molar-refractivity contribution in [3.8, 4) is 0 Å². The number of aliphatic hydroxyl groups excluding tert-OH is 1. The minimum absolute atomic E-state index is 0. The summed E-state index contributed by atoms with van der Waals surface area (Å²) in [6, 6.07) is 0. The molecule has 0 amide bonds. The van der Waals surface area contributed by atoms with Gasteiger partial charge in [-0.2, -0.15) is 0 Å². The maximum absolute atomic E-state index is 13.6. The second-order valence-corrected chi connectivity index (χ2v) is 11.0. The van der Waals surface area contributed by atoms with Gasteiger partial charge in [0.2, 0.25) is 0 Å². The molecule has 4 fully saturated rings. The first-order valence-electron chi connectivity index (χ1n) is 11.5. The molecular weight excluding hydrogens is 391 g/mol. The van der Waals surface area contributed by atoms with Crippen LogP contribution in [0.2, 0.25) is 0 Å². The number of aliphatic carboxylic acids is 1. The molecule has 0 aromatic rings. The Balaban J connectivity index is 0.00000256. The fourth-order valence-corrected chi connectivity index (χ4v) is 8.12. The van der Waals surface area contributed by atoms with E-state index in [1.54, 1.807) is 0 Å². The molecule has 30 heavy (non-hydrogen) atoms. The first-order valence-corrected chi connectivity index (χ1v) is 11.5. The number of rotatable bonds is 4. The van der Waals surface area contributed by atoms with Crippen molar-refractivity contribution in [1.29, 1.82) is 0 Å². The van der Waals surface area contributed by atoms with Gasteiger partial charge in [0.05, 0.1) is 6.10 Å². The second-order valence-electron chi connectivity index (χ2n) is 11.0. The zero-order valence-corrected chi connectivity index (χ0v) is 21.0. The molecule has 0 aromatic carbocycles. The average molecular weight is 427 g/mol. The van der Waals surface area contributed by atoms with E-state index in [-0.39, 0.29) is 88.8 Å². The second kappa shape index (κ2) is 8.61. The maximum Gasteiger partial charge on any atom is 1.00 e. The number of Topliss-reactive ketones (excluding diaryl/α,β-unsaturated/α-hetero) is 2. The van der Waals surface area contributed by atoms with Crippen molar-refractivity contribution in [2.75, 3.05) is 0 Å². The van der Waals surface area contributed by atoms with Crippen LogP contribution in [0.25, 0.3) is 0 Å². The van der Waals surface area contributed by atoms with Gasteiger partial charge in [0.25, 0.3) is 0 Å². The molecule has 0 saturated heterocycles. The summed E-state index contributed by atoms with van der Waals surface area (Å²) in [7, 11) is 0. The average Bonchev–Trinajstić information content (AvgIpc) is 3.01. The van der Waals surface area contributed by atoms with E-state index in [1.165, 1.54) is 0 Å². The van der Waals surface area contributed by atoms with Crippen molar-refractivity contribution in [2.45, 2.75) is 84.7 Å². The van der Waals surface area contributed by atoms with Crippen molar-refractivity contribution < 1.29 is 54.2 Å². The molecule has 6 heteroatoms. The van der Waals surface area contributed by atoms with Crippen LogP contribution in [0, 0.1) is 46.3 Å². The van der Waals surface area contributed by atoms with E-state index in [1.807, 2.05) is 0 Å². The van der Waals surface area contributed by atoms with Crippen LogP contribution in [-0.4, -0.2) is 28.7 Å². The molecule has 0 aromatic heterocycles. The van der Waals surface area contributed by atoms with Crippen molar-refractivity contribution in [3.05, 3.63) is 0 Å². The predicted molar refractivity (Wildman–Crippen MR) is 105 cm³/mol. The Labute approximate surface area is 202 Å². The third-order valence-electron chi connectivity index (χ3n) is 9.86. The van der Waals surface area contributed by atoms with E-state index in [9.17, 15) is 24.6 Å². The molecule has 4 saturated carbocycles. The van der Waals surface area contributed by atoms with Gasteiger partial charge in [-0.05, 0) is 80.0 Å². The van der Waals surface area contributed by atoms with Crippen LogP contribution in [0.3, 0.4) is 0 Å². The van der Waals surface area contributed by atoms with Gasteiger partial charge >= 0.3 is 29.6 Å². The summed E-state index contributed by atoms with van der Waals surface area (Å²) in [6.45, 7) is 6.39. The normalized spacial score (nSPS) is 46.3. The van der Waals surface area contributed by atoms with Crippen molar-refractivity contribution in [2.24, 2.45) is 46.3 Å². The molecule has 1 N–H and O–H groups in total. The van der Waals surface area contributed by atoms with Gasteiger partial charge in [-0.25, -0.2) is 0 Å². The number of hydrogen-bond donors (Lipinski definition) is 1. The van der Waals surface area contributed by atoms with Gasteiger partial charge in [-0.3, -0.25) is 9.59 Å². The summed E-state index contributed by atoms with van der Waals surface area (Å²) in [5.41, 5.74) is -0.549. The predicted octanol–water partition coefficient (Wildman–Crippen LogP) is -0.466. The fraction of sp³-hybridized carbons (Fsp3) is 0.875. The molecule has 0 aliphatic heterocycles. The minimum atomic E-state index is -1.03. The van der Waals surface area contributed by atoms with Crippen LogP contribution >= 0.6 is 0 Å². The van der Waals surface area contributed by atoms with Crippen molar-refractivity contribution in [1.82, 2.24) is 0 Å². The van der Waals surface area contributed by atoms with Crippen LogP contribution < -0.4 is 34.7 Å². The SMILES string of the molecule is C[C@H](CCC(=O)[O-])[C@H]1CCC2C3C(=O)CC4CC(O)CC[C@]4(C)C3CC(=O)[C@@]21C.[Na+]. The third-order valence-corrected chi connectivity index (χ3v) is 9.86. The number of fused-ring (bicyclic) bond motifs is 5. The van der Waals surface area contributed by atoms with Crippen molar-refractivity contribution >= 4 is 17.5 Å². The number of carboxylic acid groups (broad SMARTS) is 1. The summed E-state index contributed by atoms with van der Waals surface area (Å²) >= 11 is 0. The summed E-state index contributed by atoms with van der Waals surface area (Å²) in [6.07, 6.45) is 5.39. The Morgan fingerprint density at radius 3 is 2.53 bits per heavy atom. The maximum atomic E-state index is 13.6. The van der Waals surface area contributed by atoms with E-state index >= 15 is 0 Å². The van der Waals surface area contributed by atoms with Gasteiger partial charge in [-0.1, -0.05) is 20.8 Å². The summed E-state index contributed by atoms with van der Waals surface area (Å²) in [5.74, 6) is 0.162. The molecular formula is C24H35NaO5. The van der Waals surface area contributed by atoms with Crippen LogP contribution in [0.5, 0.6) is 0 Å².